The Labute approximate surface area is 298 Å². The third-order valence-electron chi connectivity index (χ3n) is 10.2. The van der Waals surface area contributed by atoms with Crippen molar-refractivity contribution in [3.05, 3.63) is 170 Å². The number of para-hydroxylation sites is 1. The van der Waals surface area contributed by atoms with Gasteiger partial charge in [-0.05, 0) is 51.9 Å². The first-order valence-electron chi connectivity index (χ1n) is 17.5. The maximum atomic E-state index is 6.82. The van der Waals surface area contributed by atoms with Crippen molar-refractivity contribution in [2.45, 2.75) is 0 Å². The van der Waals surface area contributed by atoms with Crippen LogP contribution in [0.4, 0.5) is 0 Å². The van der Waals surface area contributed by atoms with Gasteiger partial charge in [0, 0.05) is 27.3 Å². The summed E-state index contributed by atoms with van der Waals surface area (Å²) in [7, 11) is 0. The van der Waals surface area contributed by atoms with E-state index in [1.165, 1.54) is 32.3 Å². The second kappa shape index (κ2) is 11.2. The van der Waals surface area contributed by atoms with Gasteiger partial charge in [-0.25, -0.2) is 15.0 Å². The SMILES string of the molecule is c1ccc(-c2nc(-c3ccccc3)nc(-c3ccc(-n4c5ccc6ccccc6c5c5c6ccccc6ccc54)c4c3oc3ccccc34)n2)cc1. The van der Waals surface area contributed by atoms with Crippen LogP contribution in [0.1, 0.15) is 0 Å². The van der Waals surface area contributed by atoms with E-state index >= 15 is 0 Å². The fraction of sp³-hybridized carbons (Fsp3) is 0. The van der Waals surface area contributed by atoms with E-state index in [4.69, 9.17) is 19.4 Å². The normalized spacial score (nSPS) is 11.8. The van der Waals surface area contributed by atoms with E-state index in [0.29, 0.717) is 17.5 Å². The first-order chi connectivity index (χ1) is 25.8. The van der Waals surface area contributed by atoms with Crippen LogP contribution in [-0.4, -0.2) is 19.5 Å². The number of aromatic nitrogens is 4. The summed E-state index contributed by atoms with van der Waals surface area (Å²) >= 11 is 0. The van der Waals surface area contributed by atoms with Gasteiger partial charge in [-0.3, -0.25) is 0 Å². The Balaban J connectivity index is 1.25. The molecule has 5 nitrogen and oxygen atoms in total. The fourth-order valence-electron chi connectivity index (χ4n) is 7.91. The molecule has 52 heavy (non-hydrogen) atoms. The van der Waals surface area contributed by atoms with E-state index < -0.39 is 0 Å². The molecule has 0 aliphatic carbocycles. The van der Waals surface area contributed by atoms with Gasteiger partial charge >= 0.3 is 0 Å². The number of hydrogen-bond acceptors (Lipinski definition) is 4. The summed E-state index contributed by atoms with van der Waals surface area (Å²) in [6.45, 7) is 0. The summed E-state index contributed by atoms with van der Waals surface area (Å²) in [5.41, 5.74) is 7.52. The first-order valence-corrected chi connectivity index (χ1v) is 17.5. The zero-order valence-corrected chi connectivity index (χ0v) is 27.9. The zero-order chi connectivity index (χ0) is 34.2. The lowest BCUT2D eigenvalue weighted by Gasteiger charge is -2.13. The van der Waals surface area contributed by atoms with Crippen molar-refractivity contribution in [1.82, 2.24) is 19.5 Å². The molecule has 0 spiro atoms. The van der Waals surface area contributed by atoms with Gasteiger partial charge in [0.25, 0.3) is 0 Å². The molecule has 0 fully saturated rings. The summed E-state index contributed by atoms with van der Waals surface area (Å²) in [6.07, 6.45) is 0. The zero-order valence-electron chi connectivity index (χ0n) is 27.9. The van der Waals surface area contributed by atoms with Crippen LogP contribution in [0.3, 0.4) is 0 Å². The third kappa shape index (κ3) is 4.26. The van der Waals surface area contributed by atoms with Gasteiger partial charge in [0.05, 0.1) is 27.7 Å². The molecule has 0 amide bonds. The van der Waals surface area contributed by atoms with Gasteiger partial charge in [0.15, 0.2) is 17.5 Å². The minimum absolute atomic E-state index is 0.558. The largest absolute Gasteiger partial charge is 0.455 e. The van der Waals surface area contributed by atoms with Crippen molar-refractivity contribution in [1.29, 1.82) is 0 Å². The summed E-state index contributed by atoms with van der Waals surface area (Å²) < 4.78 is 9.23. The van der Waals surface area contributed by atoms with Gasteiger partial charge in [-0.2, -0.15) is 0 Å². The highest BCUT2D eigenvalue weighted by Gasteiger charge is 2.24. The lowest BCUT2D eigenvalue weighted by atomic mass is 10.00. The quantitative estimate of drug-likeness (QED) is 0.188. The second-order valence-electron chi connectivity index (χ2n) is 13.2. The van der Waals surface area contributed by atoms with Crippen LogP contribution in [0, 0.1) is 0 Å². The van der Waals surface area contributed by atoms with Gasteiger partial charge in [0.1, 0.15) is 11.2 Å². The molecule has 8 aromatic carbocycles. The number of nitrogens with zero attached hydrogens (tertiary/aromatic N) is 4. The van der Waals surface area contributed by atoms with E-state index in [-0.39, 0.29) is 0 Å². The topological polar surface area (TPSA) is 56.7 Å². The molecule has 3 heterocycles. The Morgan fingerprint density at radius 1 is 0.385 bits per heavy atom. The van der Waals surface area contributed by atoms with Crippen LogP contribution >= 0.6 is 0 Å². The molecule has 0 N–H and O–H groups in total. The van der Waals surface area contributed by atoms with Gasteiger partial charge < -0.3 is 8.98 Å². The van der Waals surface area contributed by atoms with Crippen LogP contribution in [-0.2, 0) is 0 Å². The number of benzene rings is 8. The highest BCUT2D eigenvalue weighted by molar-refractivity contribution is 6.29. The van der Waals surface area contributed by atoms with Crippen LogP contribution in [0.15, 0.2) is 174 Å². The Morgan fingerprint density at radius 2 is 0.885 bits per heavy atom. The molecule has 0 aliphatic rings. The minimum atomic E-state index is 0.558. The van der Waals surface area contributed by atoms with Crippen LogP contribution in [0.25, 0.3) is 105 Å². The summed E-state index contributed by atoms with van der Waals surface area (Å²) in [5.74, 6) is 1.78. The third-order valence-corrected chi connectivity index (χ3v) is 10.2. The molecule has 0 radical (unpaired) electrons. The lowest BCUT2D eigenvalue weighted by Crippen LogP contribution is -2.01. The molecule has 5 heteroatoms. The Kier molecular flexibility index (Phi) is 6.18. The summed E-state index contributed by atoms with van der Waals surface area (Å²) in [4.78, 5) is 15.1. The van der Waals surface area contributed by atoms with Crippen molar-refractivity contribution in [3.63, 3.8) is 0 Å². The molecule has 11 rings (SSSR count). The van der Waals surface area contributed by atoms with E-state index in [0.717, 1.165) is 55.3 Å². The lowest BCUT2D eigenvalue weighted by molar-refractivity contribution is 0.669. The van der Waals surface area contributed by atoms with E-state index in [1.807, 2.05) is 72.8 Å². The van der Waals surface area contributed by atoms with Gasteiger partial charge in [-0.15, -0.1) is 0 Å². The highest BCUT2D eigenvalue weighted by Crippen LogP contribution is 2.45. The average molecular weight is 665 g/mol. The number of fused-ring (bicyclic) bond motifs is 10. The molecule has 242 valence electrons. The Bertz CT molecular complexity index is 3030. The molecule has 0 aliphatic heterocycles. The highest BCUT2D eigenvalue weighted by atomic mass is 16.3. The summed E-state index contributed by atoms with van der Waals surface area (Å²) in [6, 6.07) is 59.1. The predicted octanol–water partition coefficient (Wildman–Crippen LogP) is 12.2. The molecule has 0 unspecified atom stereocenters. The van der Waals surface area contributed by atoms with Crippen LogP contribution in [0.5, 0.6) is 0 Å². The first kappa shape index (κ1) is 28.7. The van der Waals surface area contributed by atoms with Gasteiger partial charge in [-0.1, -0.05) is 140 Å². The molecule has 0 saturated heterocycles. The molecule has 11 aromatic rings. The van der Waals surface area contributed by atoms with Crippen LogP contribution in [0.2, 0.25) is 0 Å². The molecule has 3 aromatic heterocycles. The molecular formula is C47H28N4O. The molecular weight excluding hydrogens is 637 g/mol. The van der Waals surface area contributed by atoms with Crippen molar-refractivity contribution >= 4 is 65.3 Å². The maximum Gasteiger partial charge on any atom is 0.167 e. The smallest absolute Gasteiger partial charge is 0.167 e. The number of furan rings is 1. The fourth-order valence-corrected chi connectivity index (χ4v) is 7.91. The Morgan fingerprint density at radius 3 is 1.48 bits per heavy atom. The second-order valence-corrected chi connectivity index (χ2v) is 13.2. The summed E-state index contributed by atoms with van der Waals surface area (Å²) in [5, 5.41) is 9.43. The van der Waals surface area contributed by atoms with Crippen molar-refractivity contribution in [2.24, 2.45) is 0 Å². The van der Waals surface area contributed by atoms with E-state index in [1.54, 1.807) is 0 Å². The molecule has 0 bridgehead atoms. The standard InChI is InChI=1S/C47H28N4O/c1-3-15-31(16-4-1)45-48-46(32-17-5-2-6-18-32)50-47(49-45)36-25-28-39(43-35-21-11-12-22-40(35)52-44(36)43)51-37-26-23-29-13-7-9-19-33(29)41(37)42-34-20-10-8-14-30(34)24-27-38(42)51/h1-28H. The molecule has 0 atom stereocenters. The Hall–Kier alpha value is -7.11. The van der Waals surface area contributed by atoms with Crippen molar-refractivity contribution in [2.75, 3.05) is 0 Å². The van der Waals surface area contributed by atoms with Gasteiger partial charge in [0.2, 0.25) is 0 Å². The van der Waals surface area contributed by atoms with E-state index in [9.17, 15) is 0 Å². The van der Waals surface area contributed by atoms with Crippen molar-refractivity contribution < 1.29 is 4.42 Å². The average Bonchev–Trinajstić information content (AvgIpc) is 3.78. The number of rotatable bonds is 4. The predicted molar refractivity (Wildman–Crippen MR) is 213 cm³/mol. The maximum absolute atomic E-state index is 6.82. The molecule has 0 saturated carbocycles. The van der Waals surface area contributed by atoms with Crippen molar-refractivity contribution in [3.8, 4) is 39.9 Å². The monoisotopic (exact) mass is 664 g/mol. The minimum Gasteiger partial charge on any atom is -0.455 e. The van der Waals surface area contributed by atoms with E-state index in [2.05, 4.69) is 102 Å². The van der Waals surface area contributed by atoms with Crippen LogP contribution < -0.4 is 0 Å². The number of hydrogen-bond donors (Lipinski definition) is 0.